The zero-order chi connectivity index (χ0) is 22.1. The average molecular weight is 475 g/mol. The van der Waals surface area contributed by atoms with Crippen molar-refractivity contribution in [2.45, 2.75) is 52.1 Å². The molecule has 30 heavy (non-hydrogen) atoms. The monoisotopic (exact) mass is 474 g/mol. The first-order chi connectivity index (χ1) is 14.2. The van der Waals surface area contributed by atoms with Gasteiger partial charge in [-0.3, -0.25) is 9.59 Å². The number of rotatable bonds is 9. The molecule has 0 aliphatic rings. The summed E-state index contributed by atoms with van der Waals surface area (Å²) in [6, 6.07) is 16.7. The van der Waals surface area contributed by atoms with E-state index >= 15 is 0 Å². The van der Waals surface area contributed by atoms with Crippen molar-refractivity contribution >= 4 is 27.7 Å². The molecule has 0 bridgehead atoms. The lowest BCUT2D eigenvalue weighted by Gasteiger charge is -2.33. The average Bonchev–Trinajstić information content (AvgIpc) is 2.69. The van der Waals surface area contributed by atoms with Crippen LogP contribution >= 0.6 is 15.9 Å². The molecule has 0 aliphatic heterocycles. The molecule has 2 aromatic carbocycles. The van der Waals surface area contributed by atoms with Crippen molar-refractivity contribution in [2.24, 2.45) is 0 Å². The molecule has 0 saturated carbocycles. The normalized spacial score (nSPS) is 12.2. The van der Waals surface area contributed by atoms with Crippen LogP contribution in [0.4, 0.5) is 0 Å². The molecule has 2 rings (SSSR count). The van der Waals surface area contributed by atoms with Gasteiger partial charge < -0.3 is 15.0 Å². The van der Waals surface area contributed by atoms with Crippen LogP contribution in [0.2, 0.25) is 0 Å². The second-order valence-corrected chi connectivity index (χ2v) is 9.14. The van der Waals surface area contributed by atoms with Crippen LogP contribution in [0.15, 0.2) is 59.1 Å². The number of nitrogens with one attached hydrogen (secondary N) is 1. The highest BCUT2D eigenvalue weighted by molar-refractivity contribution is 9.10. The molecule has 0 fully saturated rings. The smallest absolute Gasteiger partial charge is 0.261 e. The summed E-state index contributed by atoms with van der Waals surface area (Å²) in [7, 11) is 0. The summed E-state index contributed by atoms with van der Waals surface area (Å²) in [5, 5.41) is 3.00. The lowest BCUT2D eigenvalue weighted by atomic mass is 10.1. The molecule has 0 aliphatic carbocycles. The van der Waals surface area contributed by atoms with Crippen molar-refractivity contribution in [1.29, 1.82) is 0 Å². The fraction of sp³-hybridized carbons (Fsp3) is 0.417. The van der Waals surface area contributed by atoms with E-state index < -0.39 is 6.04 Å². The van der Waals surface area contributed by atoms with Gasteiger partial charge in [0.05, 0.1) is 0 Å². The maximum absolute atomic E-state index is 13.1. The Balaban J connectivity index is 2.14. The Labute approximate surface area is 187 Å². The van der Waals surface area contributed by atoms with Gasteiger partial charge in [-0.25, -0.2) is 0 Å². The van der Waals surface area contributed by atoms with Crippen molar-refractivity contribution in [3.63, 3.8) is 0 Å². The summed E-state index contributed by atoms with van der Waals surface area (Å²) in [6.07, 6.45) is 1.20. The summed E-state index contributed by atoms with van der Waals surface area (Å²) in [5.74, 6) is 0.265. The highest BCUT2D eigenvalue weighted by Crippen LogP contribution is 2.17. The van der Waals surface area contributed by atoms with E-state index in [0.717, 1.165) is 10.0 Å². The van der Waals surface area contributed by atoms with Crippen LogP contribution in [0.3, 0.4) is 0 Å². The van der Waals surface area contributed by atoms with Crippen molar-refractivity contribution in [2.75, 3.05) is 13.2 Å². The fourth-order valence-electron chi connectivity index (χ4n) is 3.11. The van der Waals surface area contributed by atoms with E-state index in [9.17, 15) is 9.59 Å². The first-order valence-electron chi connectivity index (χ1n) is 10.2. The van der Waals surface area contributed by atoms with Crippen molar-refractivity contribution in [3.8, 4) is 5.75 Å². The Morgan fingerprint density at radius 2 is 1.70 bits per heavy atom. The lowest BCUT2D eigenvalue weighted by Crippen LogP contribution is -2.54. The minimum Gasteiger partial charge on any atom is -0.484 e. The molecule has 0 heterocycles. The second kappa shape index (κ2) is 11.2. The lowest BCUT2D eigenvalue weighted by molar-refractivity contribution is -0.142. The molecule has 0 spiro atoms. The van der Waals surface area contributed by atoms with Crippen LogP contribution in [0, 0.1) is 0 Å². The number of nitrogens with zero attached hydrogens (tertiary/aromatic N) is 1. The number of carbonyl (C=O) groups is 2. The molecule has 0 saturated heterocycles. The van der Waals surface area contributed by atoms with Gasteiger partial charge in [0.25, 0.3) is 5.91 Å². The molecule has 2 aromatic rings. The first kappa shape index (κ1) is 23.9. The second-order valence-electron chi connectivity index (χ2n) is 8.23. The van der Waals surface area contributed by atoms with Crippen LogP contribution in [-0.2, 0) is 16.0 Å². The van der Waals surface area contributed by atoms with Crippen molar-refractivity contribution in [1.82, 2.24) is 10.2 Å². The van der Waals surface area contributed by atoms with E-state index in [4.69, 9.17) is 4.74 Å². The topological polar surface area (TPSA) is 58.6 Å². The van der Waals surface area contributed by atoms with Gasteiger partial charge in [-0.1, -0.05) is 53.2 Å². The maximum Gasteiger partial charge on any atom is 0.261 e. The number of ether oxygens (including phenoxy) is 1. The molecule has 0 unspecified atom stereocenters. The quantitative estimate of drug-likeness (QED) is 0.577. The Kier molecular flexibility index (Phi) is 8.90. The summed E-state index contributed by atoms with van der Waals surface area (Å²) < 4.78 is 6.63. The Morgan fingerprint density at radius 3 is 2.27 bits per heavy atom. The Morgan fingerprint density at radius 1 is 1.07 bits per heavy atom. The highest BCUT2D eigenvalue weighted by atomic mass is 79.9. The number of halogens is 1. The molecule has 1 atom stereocenters. The highest BCUT2D eigenvalue weighted by Gasteiger charge is 2.30. The van der Waals surface area contributed by atoms with E-state index in [1.165, 1.54) is 0 Å². The molecule has 6 heteroatoms. The minimum absolute atomic E-state index is 0.115. The number of benzene rings is 2. The molecule has 1 N–H and O–H groups in total. The van der Waals surface area contributed by atoms with Crippen LogP contribution in [0.25, 0.3) is 0 Å². The van der Waals surface area contributed by atoms with Gasteiger partial charge in [-0.15, -0.1) is 0 Å². The predicted octanol–water partition coefficient (Wildman–Crippen LogP) is 4.59. The van der Waals surface area contributed by atoms with Gasteiger partial charge in [0.1, 0.15) is 11.8 Å². The van der Waals surface area contributed by atoms with Gasteiger partial charge in [0.2, 0.25) is 5.91 Å². The third-order valence-electron chi connectivity index (χ3n) is 4.54. The third kappa shape index (κ3) is 7.82. The zero-order valence-corrected chi connectivity index (χ0v) is 19.7. The predicted molar refractivity (Wildman–Crippen MR) is 123 cm³/mol. The number of hydrogen-bond acceptors (Lipinski definition) is 3. The molecule has 0 aromatic heterocycles. The molecule has 5 nitrogen and oxygen atoms in total. The van der Waals surface area contributed by atoms with Crippen LogP contribution in [-0.4, -0.2) is 41.4 Å². The van der Waals surface area contributed by atoms with E-state index in [1.54, 1.807) is 17.0 Å². The van der Waals surface area contributed by atoms with Crippen LogP contribution < -0.4 is 10.1 Å². The Bertz CT molecular complexity index is 817. The van der Waals surface area contributed by atoms with Gasteiger partial charge in [-0.2, -0.15) is 0 Å². The van der Waals surface area contributed by atoms with Gasteiger partial charge in [-0.05, 0) is 63.4 Å². The number of carbonyl (C=O) groups excluding carboxylic acids is 2. The summed E-state index contributed by atoms with van der Waals surface area (Å²) in [6.45, 7) is 8.06. The first-order valence-corrected chi connectivity index (χ1v) is 11.0. The summed E-state index contributed by atoms with van der Waals surface area (Å²) in [4.78, 5) is 27.6. The van der Waals surface area contributed by atoms with Gasteiger partial charge in [0, 0.05) is 16.6 Å². The van der Waals surface area contributed by atoms with E-state index in [0.29, 0.717) is 25.1 Å². The SMILES string of the molecule is CC[C@@H](C(=O)NC(C)(C)C)N(CCc1ccccc1)C(=O)COc1ccc(Br)cc1. The summed E-state index contributed by atoms with van der Waals surface area (Å²) in [5.41, 5.74) is 0.752. The minimum atomic E-state index is -0.547. The molecular weight excluding hydrogens is 444 g/mol. The maximum atomic E-state index is 13.1. The molecule has 0 radical (unpaired) electrons. The zero-order valence-electron chi connectivity index (χ0n) is 18.2. The number of amides is 2. The largest absolute Gasteiger partial charge is 0.484 e. The van der Waals surface area contributed by atoms with Crippen molar-refractivity contribution < 1.29 is 14.3 Å². The molecule has 162 valence electrons. The molecule has 2 amide bonds. The van der Waals surface area contributed by atoms with Gasteiger partial charge in [0.15, 0.2) is 6.61 Å². The van der Waals surface area contributed by atoms with Crippen LogP contribution in [0.5, 0.6) is 5.75 Å². The van der Waals surface area contributed by atoms with Crippen molar-refractivity contribution in [3.05, 3.63) is 64.6 Å². The van der Waals surface area contributed by atoms with Crippen LogP contribution in [0.1, 0.15) is 39.7 Å². The van der Waals surface area contributed by atoms with E-state index in [-0.39, 0.29) is 24.0 Å². The number of hydrogen-bond donors (Lipinski definition) is 1. The van der Waals surface area contributed by atoms with E-state index in [2.05, 4.69) is 21.2 Å². The standard InChI is InChI=1S/C24H31BrN2O3/c1-5-21(23(29)26-24(2,3)4)27(16-15-18-9-7-6-8-10-18)22(28)17-30-20-13-11-19(25)12-14-20/h6-14,21H,5,15-17H2,1-4H3,(H,26,29)/t21-/m0/s1. The van der Waals surface area contributed by atoms with E-state index in [1.807, 2.05) is 70.2 Å². The molecular formula is C24H31BrN2O3. The summed E-state index contributed by atoms with van der Waals surface area (Å²) >= 11 is 3.38. The Hall–Kier alpha value is -2.34. The van der Waals surface area contributed by atoms with Gasteiger partial charge >= 0.3 is 0 Å². The third-order valence-corrected chi connectivity index (χ3v) is 5.07. The fourth-order valence-corrected chi connectivity index (χ4v) is 3.37.